The van der Waals surface area contributed by atoms with E-state index in [1.54, 1.807) is 36.0 Å². The zero-order valence-electron chi connectivity index (χ0n) is 12.6. The van der Waals surface area contributed by atoms with Gasteiger partial charge in [0.1, 0.15) is 12.3 Å². The number of aromatic nitrogens is 1. The van der Waals surface area contributed by atoms with Gasteiger partial charge >= 0.3 is 5.97 Å². The third kappa shape index (κ3) is 3.99. The lowest BCUT2D eigenvalue weighted by atomic mass is 10.2. The Morgan fingerprint density at radius 1 is 1.12 bits per heavy atom. The van der Waals surface area contributed by atoms with E-state index in [9.17, 15) is 9.59 Å². The number of rotatable bonds is 5. The summed E-state index contributed by atoms with van der Waals surface area (Å²) < 4.78 is 5.22. The van der Waals surface area contributed by atoms with Crippen molar-refractivity contribution in [3.05, 3.63) is 75.5 Å². The van der Waals surface area contributed by atoms with E-state index in [0.29, 0.717) is 21.7 Å². The molecule has 6 heteroatoms. The molecule has 0 saturated carbocycles. The lowest BCUT2D eigenvalue weighted by molar-refractivity contribution is 0.0524. The van der Waals surface area contributed by atoms with Gasteiger partial charge in [-0.3, -0.25) is 4.79 Å². The molecule has 3 rings (SSSR count). The van der Waals surface area contributed by atoms with Crippen LogP contribution in [0.2, 0.25) is 5.02 Å². The number of H-pyrrole nitrogens is 1. The van der Waals surface area contributed by atoms with Crippen molar-refractivity contribution < 1.29 is 9.53 Å². The molecule has 0 aliphatic carbocycles. The van der Waals surface area contributed by atoms with Crippen LogP contribution in [0.3, 0.4) is 0 Å². The zero-order chi connectivity index (χ0) is 16.9. The number of fused-ring (bicyclic) bond motifs is 1. The van der Waals surface area contributed by atoms with Gasteiger partial charge in [0.2, 0.25) is 0 Å². The summed E-state index contributed by atoms with van der Waals surface area (Å²) in [5, 5.41) is 1.23. The minimum absolute atomic E-state index is 0.162. The van der Waals surface area contributed by atoms with Crippen molar-refractivity contribution in [1.29, 1.82) is 0 Å². The number of hydrogen-bond acceptors (Lipinski definition) is 4. The highest BCUT2D eigenvalue weighted by Crippen LogP contribution is 2.20. The number of thioether (sulfide) groups is 1. The number of aromatic amines is 1. The molecule has 3 aromatic rings. The molecule has 0 radical (unpaired) electrons. The molecule has 0 spiro atoms. The van der Waals surface area contributed by atoms with Crippen molar-refractivity contribution in [2.24, 2.45) is 0 Å². The molecule has 4 nitrogen and oxygen atoms in total. The third-order valence-electron chi connectivity index (χ3n) is 3.36. The first-order valence-electron chi connectivity index (χ1n) is 7.31. The Balaban J connectivity index is 1.59. The molecule has 1 heterocycles. The Morgan fingerprint density at radius 3 is 2.67 bits per heavy atom. The van der Waals surface area contributed by atoms with E-state index in [4.69, 9.17) is 16.3 Å². The van der Waals surface area contributed by atoms with Gasteiger partial charge in [-0.05, 0) is 36.4 Å². The summed E-state index contributed by atoms with van der Waals surface area (Å²) >= 11 is 7.39. The largest absolute Gasteiger partial charge is 0.460 e. The summed E-state index contributed by atoms with van der Waals surface area (Å²) in [5.74, 6) is 0.0834. The van der Waals surface area contributed by atoms with Crippen molar-refractivity contribution in [3.63, 3.8) is 0 Å². The minimum Gasteiger partial charge on any atom is -0.460 e. The molecule has 0 amide bonds. The average Bonchev–Trinajstić information content (AvgIpc) is 2.60. The number of benzene rings is 2. The number of pyridine rings is 1. The van der Waals surface area contributed by atoms with Crippen LogP contribution in [-0.4, -0.2) is 23.3 Å². The number of carbonyl (C=O) groups is 1. The number of nitrogens with one attached hydrogen (secondary N) is 1. The first-order chi connectivity index (χ1) is 11.6. The zero-order valence-corrected chi connectivity index (χ0v) is 14.2. The number of esters is 1. The Hall–Kier alpha value is -2.24. The summed E-state index contributed by atoms with van der Waals surface area (Å²) in [6.45, 7) is 0.251. The van der Waals surface area contributed by atoms with E-state index < -0.39 is 5.97 Å². The summed E-state index contributed by atoms with van der Waals surface area (Å²) in [5.41, 5.74) is 0.578. The van der Waals surface area contributed by atoms with Gasteiger partial charge in [-0.2, -0.15) is 0 Å². The molecule has 0 bridgehead atoms. The Labute approximate surface area is 147 Å². The second-order valence-electron chi connectivity index (χ2n) is 5.03. The van der Waals surface area contributed by atoms with Crippen LogP contribution in [0.15, 0.2) is 64.3 Å². The molecular formula is C18H14ClNO3S. The van der Waals surface area contributed by atoms with Crippen molar-refractivity contribution in [3.8, 4) is 0 Å². The molecule has 24 heavy (non-hydrogen) atoms. The molecule has 0 fully saturated rings. The van der Waals surface area contributed by atoms with Gasteiger partial charge in [0.15, 0.2) is 5.43 Å². The van der Waals surface area contributed by atoms with E-state index in [2.05, 4.69) is 4.98 Å². The van der Waals surface area contributed by atoms with Crippen molar-refractivity contribution >= 4 is 40.2 Å². The van der Waals surface area contributed by atoms with Gasteiger partial charge in [0, 0.05) is 32.6 Å². The lowest BCUT2D eigenvalue weighted by Crippen LogP contribution is -2.14. The number of para-hydroxylation sites is 1. The second-order valence-corrected chi connectivity index (χ2v) is 6.64. The van der Waals surface area contributed by atoms with Crippen LogP contribution in [0.1, 0.15) is 10.5 Å². The molecule has 0 aliphatic heterocycles. The van der Waals surface area contributed by atoms with Crippen LogP contribution in [-0.2, 0) is 4.74 Å². The molecule has 1 aromatic heterocycles. The molecule has 0 aliphatic rings. The predicted octanol–water partition coefficient (Wildman–Crippen LogP) is 4.13. The van der Waals surface area contributed by atoms with Crippen LogP contribution in [0.25, 0.3) is 10.9 Å². The van der Waals surface area contributed by atoms with Crippen LogP contribution < -0.4 is 5.43 Å². The fourth-order valence-corrected chi connectivity index (χ4v) is 3.07. The van der Waals surface area contributed by atoms with Crippen LogP contribution >= 0.6 is 23.4 Å². The van der Waals surface area contributed by atoms with Crippen molar-refractivity contribution in [1.82, 2.24) is 4.98 Å². The normalized spacial score (nSPS) is 10.7. The first-order valence-corrected chi connectivity index (χ1v) is 8.67. The third-order valence-corrected chi connectivity index (χ3v) is 4.58. The Morgan fingerprint density at radius 2 is 1.88 bits per heavy atom. The number of halogens is 1. The van der Waals surface area contributed by atoms with Crippen molar-refractivity contribution in [2.75, 3.05) is 12.4 Å². The smallest absolute Gasteiger partial charge is 0.354 e. The summed E-state index contributed by atoms with van der Waals surface area (Å²) in [6.07, 6.45) is 0. The highest BCUT2D eigenvalue weighted by atomic mass is 35.5. The molecule has 2 aromatic carbocycles. The van der Waals surface area contributed by atoms with Crippen LogP contribution in [0, 0.1) is 0 Å². The second kappa shape index (κ2) is 7.55. The summed E-state index contributed by atoms with van der Waals surface area (Å²) in [4.78, 5) is 28.1. The highest BCUT2D eigenvalue weighted by molar-refractivity contribution is 7.99. The molecular weight excluding hydrogens is 346 g/mol. The molecule has 0 saturated heterocycles. The number of carbonyl (C=O) groups excluding carboxylic acids is 1. The fourth-order valence-electron chi connectivity index (χ4n) is 2.21. The maximum Gasteiger partial charge on any atom is 0.354 e. The first kappa shape index (κ1) is 16.6. The van der Waals surface area contributed by atoms with E-state index in [0.717, 1.165) is 4.90 Å². The molecule has 1 N–H and O–H groups in total. The summed E-state index contributed by atoms with van der Waals surface area (Å²) in [6, 6.07) is 15.8. The van der Waals surface area contributed by atoms with Gasteiger partial charge in [-0.25, -0.2) is 4.79 Å². The molecule has 0 atom stereocenters. The van der Waals surface area contributed by atoms with Gasteiger partial charge in [-0.1, -0.05) is 23.7 Å². The Kier molecular flexibility index (Phi) is 5.23. The standard InChI is InChI=1S/C18H14ClNO3S/c19-12-5-7-13(8-6-12)24-10-9-23-18(22)16-11-17(21)14-3-1-2-4-15(14)20-16/h1-8,11H,9-10H2,(H,20,21). The maximum absolute atomic E-state index is 12.1. The lowest BCUT2D eigenvalue weighted by Gasteiger charge is -2.06. The number of ether oxygens (including phenoxy) is 1. The maximum atomic E-state index is 12.1. The molecule has 122 valence electrons. The SMILES string of the molecule is O=C(OCCSc1ccc(Cl)cc1)c1cc(=O)c2ccccc2[nH]1. The fraction of sp³-hybridized carbons (Fsp3) is 0.111. The quantitative estimate of drug-likeness (QED) is 0.422. The number of hydrogen-bond donors (Lipinski definition) is 1. The summed E-state index contributed by atoms with van der Waals surface area (Å²) in [7, 11) is 0. The van der Waals surface area contributed by atoms with Crippen molar-refractivity contribution in [2.45, 2.75) is 4.90 Å². The van der Waals surface area contributed by atoms with Gasteiger partial charge in [-0.15, -0.1) is 11.8 Å². The topological polar surface area (TPSA) is 59.2 Å². The molecule has 0 unspecified atom stereocenters. The van der Waals surface area contributed by atoms with Crippen LogP contribution in [0.4, 0.5) is 0 Å². The van der Waals surface area contributed by atoms with E-state index in [1.807, 2.05) is 24.3 Å². The minimum atomic E-state index is -0.533. The van der Waals surface area contributed by atoms with E-state index in [-0.39, 0.29) is 17.7 Å². The van der Waals surface area contributed by atoms with E-state index >= 15 is 0 Å². The average molecular weight is 360 g/mol. The highest BCUT2D eigenvalue weighted by Gasteiger charge is 2.10. The van der Waals surface area contributed by atoms with Crippen LogP contribution in [0.5, 0.6) is 0 Å². The predicted molar refractivity (Wildman–Crippen MR) is 97.0 cm³/mol. The van der Waals surface area contributed by atoms with E-state index in [1.165, 1.54) is 6.07 Å². The Bertz CT molecular complexity index is 921. The van der Waals surface area contributed by atoms with Gasteiger partial charge in [0.25, 0.3) is 0 Å². The monoisotopic (exact) mass is 359 g/mol. The van der Waals surface area contributed by atoms with Gasteiger partial charge in [0.05, 0.1) is 0 Å². The van der Waals surface area contributed by atoms with Gasteiger partial charge < -0.3 is 9.72 Å².